The number of aryl methyl sites for hydroxylation is 3. The van der Waals surface area contributed by atoms with Crippen molar-refractivity contribution < 1.29 is 14.3 Å². The zero-order valence-corrected chi connectivity index (χ0v) is 19.8. The zero-order chi connectivity index (χ0) is 23.8. The van der Waals surface area contributed by atoms with Crippen molar-refractivity contribution in [1.82, 2.24) is 10.2 Å². The third-order valence-corrected chi connectivity index (χ3v) is 5.68. The highest BCUT2D eigenvalue weighted by molar-refractivity contribution is 5.88. The van der Waals surface area contributed by atoms with Crippen LogP contribution in [0.25, 0.3) is 0 Å². The molecule has 0 fully saturated rings. The van der Waals surface area contributed by atoms with Crippen LogP contribution in [0.1, 0.15) is 27.8 Å². The van der Waals surface area contributed by atoms with Crippen molar-refractivity contribution in [2.45, 2.75) is 39.8 Å². The molecule has 0 aliphatic heterocycles. The number of likely N-dealkylation sites (N-methyl/N-ethyl adjacent to an activating group) is 1. The molecule has 0 aliphatic carbocycles. The number of nitrogens with one attached hydrogen (secondary N) is 1. The summed E-state index contributed by atoms with van der Waals surface area (Å²) in [5, 5.41) is 2.74. The number of nitrogens with zero attached hydrogens (tertiary/aromatic N) is 1. The number of carbonyl (C=O) groups excluding carboxylic acids is 2. The van der Waals surface area contributed by atoms with Gasteiger partial charge in [0, 0.05) is 20.0 Å². The van der Waals surface area contributed by atoms with Gasteiger partial charge in [-0.25, -0.2) is 0 Å². The minimum absolute atomic E-state index is 0.142. The fraction of sp³-hybridized carbons (Fsp3) is 0.286. The van der Waals surface area contributed by atoms with Crippen LogP contribution in [0.15, 0.2) is 72.8 Å². The minimum atomic E-state index is -0.660. The summed E-state index contributed by atoms with van der Waals surface area (Å²) in [5.41, 5.74) is 5.20. The van der Waals surface area contributed by atoms with Crippen LogP contribution in [0.5, 0.6) is 5.75 Å². The third kappa shape index (κ3) is 6.69. The first-order valence-electron chi connectivity index (χ1n) is 11.2. The van der Waals surface area contributed by atoms with E-state index < -0.39 is 6.04 Å². The summed E-state index contributed by atoms with van der Waals surface area (Å²) in [4.78, 5) is 28.1. The van der Waals surface area contributed by atoms with E-state index in [1.807, 2.05) is 87.5 Å². The van der Waals surface area contributed by atoms with Crippen LogP contribution in [0.2, 0.25) is 0 Å². The van der Waals surface area contributed by atoms with Gasteiger partial charge >= 0.3 is 0 Å². The van der Waals surface area contributed by atoms with Crippen LogP contribution < -0.4 is 10.1 Å². The molecule has 3 aromatic carbocycles. The van der Waals surface area contributed by atoms with Crippen LogP contribution in [0.3, 0.4) is 0 Å². The summed E-state index contributed by atoms with van der Waals surface area (Å²) in [6, 6.07) is 22.9. The predicted octanol–water partition coefficient (Wildman–Crippen LogP) is 4.38. The Morgan fingerprint density at radius 1 is 0.909 bits per heavy atom. The van der Waals surface area contributed by atoms with Crippen LogP contribution in [0, 0.1) is 20.8 Å². The molecule has 5 nitrogen and oxygen atoms in total. The smallest absolute Gasteiger partial charge is 0.261 e. The molecule has 1 N–H and O–H groups in total. The average molecular weight is 445 g/mol. The highest BCUT2D eigenvalue weighted by Gasteiger charge is 2.30. The lowest BCUT2D eigenvalue weighted by atomic mass is 10.0. The van der Waals surface area contributed by atoms with Gasteiger partial charge in [-0.2, -0.15) is 0 Å². The van der Waals surface area contributed by atoms with Gasteiger partial charge < -0.3 is 15.0 Å². The lowest BCUT2D eigenvalue weighted by Gasteiger charge is -2.31. The van der Waals surface area contributed by atoms with Crippen molar-refractivity contribution in [2.75, 3.05) is 13.7 Å². The maximum Gasteiger partial charge on any atom is 0.261 e. The molecule has 33 heavy (non-hydrogen) atoms. The number of benzene rings is 3. The SMILES string of the molecule is CNC(=O)C(Cc1ccccc1)N(Cc1ccccc1C)C(=O)COc1cc(C)cc(C)c1. The molecule has 3 rings (SSSR count). The molecule has 0 saturated heterocycles. The normalized spacial score (nSPS) is 11.5. The molecule has 0 radical (unpaired) electrons. The van der Waals surface area contributed by atoms with Crippen molar-refractivity contribution in [1.29, 1.82) is 0 Å². The Morgan fingerprint density at radius 3 is 2.18 bits per heavy atom. The first-order valence-corrected chi connectivity index (χ1v) is 11.2. The number of carbonyl (C=O) groups is 2. The Hall–Kier alpha value is -3.60. The summed E-state index contributed by atoms with van der Waals surface area (Å²) < 4.78 is 5.87. The van der Waals surface area contributed by atoms with Crippen LogP contribution >= 0.6 is 0 Å². The first kappa shape index (κ1) is 24.1. The number of rotatable bonds is 9. The fourth-order valence-corrected chi connectivity index (χ4v) is 3.94. The Morgan fingerprint density at radius 2 is 1.55 bits per heavy atom. The second kappa shape index (κ2) is 11.3. The second-order valence-electron chi connectivity index (χ2n) is 8.38. The predicted molar refractivity (Wildman–Crippen MR) is 131 cm³/mol. The lowest BCUT2D eigenvalue weighted by molar-refractivity contribution is -0.142. The van der Waals surface area contributed by atoms with Crippen molar-refractivity contribution in [3.63, 3.8) is 0 Å². The van der Waals surface area contributed by atoms with E-state index in [-0.39, 0.29) is 18.4 Å². The quantitative estimate of drug-likeness (QED) is 0.533. The number of hydrogen-bond donors (Lipinski definition) is 1. The van der Waals surface area contributed by atoms with Crippen molar-refractivity contribution in [2.24, 2.45) is 0 Å². The molecule has 0 saturated carbocycles. The summed E-state index contributed by atoms with van der Waals surface area (Å²) in [5.74, 6) is 0.213. The Labute approximate surface area is 196 Å². The van der Waals surface area contributed by atoms with Gasteiger partial charge in [-0.3, -0.25) is 9.59 Å². The Kier molecular flexibility index (Phi) is 8.25. The molecule has 2 amide bonds. The molecular formula is C28H32N2O3. The lowest BCUT2D eigenvalue weighted by Crippen LogP contribution is -2.51. The Bertz CT molecular complexity index is 1080. The summed E-state index contributed by atoms with van der Waals surface area (Å²) in [6.07, 6.45) is 0.418. The maximum atomic E-state index is 13.5. The molecule has 0 spiro atoms. The Balaban J connectivity index is 1.89. The van der Waals surface area contributed by atoms with Gasteiger partial charge in [0.25, 0.3) is 5.91 Å². The van der Waals surface area contributed by atoms with Gasteiger partial charge in [0.15, 0.2) is 6.61 Å². The van der Waals surface area contributed by atoms with Crippen LogP contribution in [0.4, 0.5) is 0 Å². The molecule has 172 valence electrons. The van der Waals surface area contributed by atoms with Crippen molar-refractivity contribution in [3.8, 4) is 5.75 Å². The topological polar surface area (TPSA) is 58.6 Å². The summed E-state index contributed by atoms with van der Waals surface area (Å²) in [6.45, 7) is 6.18. The van der Waals surface area contributed by atoms with Gasteiger partial charge in [-0.15, -0.1) is 0 Å². The number of hydrogen-bond acceptors (Lipinski definition) is 3. The minimum Gasteiger partial charge on any atom is -0.484 e. The zero-order valence-electron chi connectivity index (χ0n) is 19.8. The molecule has 0 heterocycles. The van der Waals surface area contributed by atoms with E-state index in [1.165, 1.54) is 0 Å². The van der Waals surface area contributed by atoms with Gasteiger partial charge in [-0.1, -0.05) is 60.7 Å². The van der Waals surface area contributed by atoms with E-state index in [2.05, 4.69) is 11.4 Å². The van der Waals surface area contributed by atoms with E-state index in [9.17, 15) is 9.59 Å². The maximum absolute atomic E-state index is 13.5. The van der Waals surface area contributed by atoms with Crippen LogP contribution in [-0.4, -0.2) is 36.4 Å². The molecule has 5 heteroatoms. The summed E-state index contributed by atoms with van der Waals surface area (Å²) >= 11 is 0. The van der Waals surface area contributed by atoms with Crippen molar-refractivity contribution >= 4 is 11.8 Å². The number of amides is 2. The van der Waals surface area contributed by atoms with Gasteiger partial charge in [0.05, 0.1) is 0 Å². The largest absolute Gasteiger partial charge is 0.484 e. The molecule has 0 aliphatic rings. The molecule has 0 bridgehead atoms. The van der Waals surface area contributed by atoms with Gasteiger partial charge in [-0.05, 0) is 60.7 Å². The van der Waals surface area contributed by atoms with E-state index in [4.69, 9.17) is 4.74 Å². The fourth-order valence-electron chi connectivity index (χ4n) is 3.94. The molecule has 1 atom stereocenters. The monoisotopic (exact) mass is 444 g/mol. The second-order valence-corrected chi connectivity index (χ2v) is 8.38. The standard InChI is InChI=1S/C28H32N2O3/c1-20-14-21(2)16-25(15-20)33-19-27(31)30(18-24-13-9-8-10-22(24)3)26(28(32)29-4)17-23-11-6-5-7-12-23/h5-16,26H,17-19H2,1-4H3,(H,29,32). The molecular weight excluding hydrogens is 412 g/mol. The van der Waals surface area contributed by atoms with Gasteiger partial charge in [0.1, 0.15) is 11.8 Å². The highest BCUT2D eigenvalue weighted by Crippen LogP contribution is 2.19. The third-order valence-electron chi connectivity index (χ3n) is 5.68. The molecule has 1 unspecified atom stereocenters. The van der Waals surface area contributed by atoms with Gasteiger partial charge in [0.2, 0.25) is 5.91 Å². The van der Waals surface area contributed by atoms with E-state index in [0.29, 0.717) is 18.7 Å². The molecule has 3 aromatic rings. The number of ether oxygens (including phenoxy) is 1. The average Bonchev–Trinajstić information content (AvgIpc) is 2.80. The van der Waals surface area contributed by atoms with E-state index in [1.54, 1.807) is 11.9 Å². The van der Waals surface area contributed by atoms with E-state index in [0.717, 1.165) is 27.8 Å². The van der Waals surface area contributed by atoms with Crippen molar-refractivity contribution in [3.05, 3.63) is 101 Å². The molecule has 0 aromatic heterocycles. The van der Waals surface area contributed by atoms with E-state index >= 15 is 0 Å². The highest BCUT2D eigenvalue weighted by atomic mass is 16.5. The summed E-state index contributed by atoms with van der Waals surface area (Å²) in [7, 11) is 1.60. The first-order chi connectivity index (χ1) is 15.9. The van der Waals surface area contributed by atoms with Crippen LogP contribution in [-0.2, 0) is 22.6 Å².